The van der Waals surface area contributed by atoms with E-state index in [-0.39, 0.29) is 0 Å². The van der Waals surface area contributed by atoms with Gasteiger partial charge in [0.05, 0.1) is 0 Å². The van der Waals surface area contributed by atoms with Crippen LogP contribution in [0.3, 0.4) is 0 Å². The fraction of sp³-hybridized carbons (Fsp3) is 0.400. The van der Waals surface area contributed by atoms with Crippen LogP contribution >= 0.6 is 0 Å². The Morgan fingerprint density at radius 1 is 1.29 bits per heavy atom. The van der Waals surface area contributed by atoms with Crippen molar-refractivity contribution < 1.29 is 9.90 Å². The normalized spacial score (nSPS) is 11.6. The average molecular weight is 232 g/mol. The van der Waals surface area contributed by atoms with Crippen LogP contribution in [0, 0.1) is 13.8 Å². The molecule has 92 valence electrons. The lowest BCUT2D eigenvalue weighted by molar-refractivity contribution is -0.131. The number of unbranched alkanes of at least 4 members (excludes halogenated alkanes) is 1. The van der Waals surface area contributed by atoms with E-state index in [1.807, 2.05) is 12.1 Å². The van der Waals surface area contributed by atoms with Crippen LogP contribution in [-0.2, 0) is 4.79 Å². The lowest BCUT2D eigenvalue weighted by Gasteiger charge is -2.09. The van der Waals surface area contributed by atoms with Gasteiger partial charge in [-0.15, -0.1) is 0 Å². The van der Waals surface area contributed by atoms with E-state index in [0.29, 0.717) is 0 Å². The van der Waals surface area contributed by atoms with Gasteiger partial charge in [-0.1, -0.05) is 31.5 Å². The van der Waals surface area contributed by atoms with Crippen LogP contribution in [0.4, 0.5) is 0 Å². The maximum Gasteiger partial charge on any atom is 0.328 e. The van der Waals surface area contributed by atoms with Crippen LogP contribution in [0.25, 0.3) is 5.57 Å². The Kier molecular flexibility index (Phi) is 4.95. The molecule has 1 N–H and O–H groups in total. The molecule has 0 fully saturated rings. The first-order valence-electron chi connectivity index (χ1n) is 6.05. The predicted octanol–water partition coefficient (Wildman–Crippen LogP) is 3.96. The first kappa shape index (κ1) is 13.5. The third kappa shape index (κ3) is 4.06. The largest absolute Gasteiger partial charge is 0.478 e. The summed E-state index contributed by atoms with van der Waals surface area (Å²) >= 11 is 0. The summed E-state index contributed by atoms with van der Waals surface area (Å²) in [4.78, 5) is 10.8. The highest BCUT2D eigenvalue weighted by Crippen LogP contribution is 2.23. The second-order valence-corrected chi connectivity index (χ2v) is 4.41. The van der Waals surface area contributed by atoms with E-state index < -0.39 is 5.97 Å². The number of hydrogen-bond acceptors (Lipinski definition) is 1. The zero-order chi connectivity index (χ0) is 12.8. The van der Waals surface area contributed by atoms with Crippen molar-refractivity contribution in [3.05, 3.63) is 41.0 Å². The third-order valence-corrected chi connectivity index (χ3v) is 2.98. The van der Waals surface area contributed by atoms with Gasteiger partial charge in [0.1, 0.15) is 0 Å². The van der Waals surface area contributed by atoms with Gasteiger partial charge in [-0.3, -0.25) is 0 Å². The second-order valence-electron chi connectivity index (χ2n) is 4.41. The topological polar surface area (TPSA) is 37.3 Å². The molecule has 1 rings (SSSR count). The minimum atomic E-state index is -0.866. The summed E-state index contributed by atoms with van der Waals surface area (Å²) in [7, 11) is 0. The molecule has 1 aromatic carbocycles. The number of aryl methyl sites for hydroxylation is 2. The summed E-state index contributed by atoms with van der Waals surface area (Å²) < 4.78 is 0. The van der Waals surface area contributed by atoms with Crippen LogP contribution in [0.2, 0.25) is 0 Å². The maximum absolute atomic E-state index is 10.8. The summed E-state index contributed by atoms with van der Waals surface area (Å²) in [5.41, 5.74) is 4.39. The molecule has 0 saturated carbocycles. The molecule has 0 aromatic heterocycles. The summed E-state index contributed by atoms with van der Waals surface area (Å²) in [5, 5.41) is 8.89. The van der Waals surface area contributed by atoms with Gasteiger partial charge < -0.3 is 5.11 Å². The molecule has 0 bridgehead atoms. The van der Waals surface area contributed by atoms with Crippen molar-refractivity contribution in [2.45, 2.75) is 40.0 Å². The number of aliphatic carboxylic acids is 1. The zero-order valence-corrected chi connectivity index (χ0v) is 10.8. The summed E-state index contributed by atoms with van der Waals surface area (Å²) in [6.07, 6.45) is 4.25. The molecule has 17 heavy (non-hydrogen) atoms. The molecule has 0 spiro atoms. The number of carboxylic acids is 1. The summed E-state index contributed by atoms with van der Waals surface area (Å²) in [5.74, 6) is -0.866. The van der Waals surface area contributed by atoms with Crippen molar-refractivity contribution in [3.8, 4) is 0 Å². The van der Waals surface area contributed by atoms with Crippen LogP contribution in [-0.4, -0.2) is 11.1 Å². The quantitative estimate of drug-likeness (QED) is 0.780. The Hall–Kier alpha value is -1.57. The monoisotopic (exact) mass is 232 g/mol. The van der Waals surface area contributed by atoms with Crippen molar-refractivity contribution in [3.63, 3.8) is 0 Å². The van der Waals surface area contributed by atoms with Crippen molar-refractivity contribution in [2.75, 3.05) is 0 Å². The minimum absolute atomic E-state index is 0.825. The Bertz CT molecular complexity index is 431. The lowest BCUT2D eigenvalue weighted by atomic mass is 9.96. The maximum atomic E-state index is 10.8. The molecule has 0 aliphatic heterocycles. The van der Waals surface area contributed by atoms with Gasteiger partial charge in [0.25, 0.3) is 0 Å². The van der Waals surface area contributed by atoms with Crippen LogP contribution in [0.15, 0.2) is 24.3 Å². The summed E-state index contributed by atoms with van der Waals surface area (Å²) in [6, 6.07) is 6.12. The molecular formula is C15H20O2. The van der Waals surface area contributed by atoms with Crippen molar-refractivity contribution in [1.82, 2.24) is 0 Å². The summed E-state index contributed by atoms with van der Waals surface area (Å²) in [6.45, 7) is 6.22. The van der Waals surface area contributed by atoms with E-state index in [4.69, 9.17) is 5.11 Å². The van der Waals surface area contributed by atoms with E-state index in [0.717, 1.165) is 30.4 Å². The number of carbonyl (C=O) groups is 1. The van der Waals surface area contributed by atoms with Crippen LogP contribution in [0.1, 0.15) is 42.9 Å². The first-order chi connectivity index (χ1) is 8.04. The van der Waals surface area contributed by atoms with Gasteiger partial charge in [0, 0.05) is 6.08 Å². The fourth-order valence-corrected chi connectivity index (χ4v) is 1.76. The number of hydrogen-bond donors (Lipinski definition) is 1. The average Bonchev–Trinajstić information content (AvgIpc) is 2.27. The molecule has 0 radical (unpaired) electrons. The third-order valence-electron chi connectivity index (χ3n) is 2.98. The van der Waals surface area contributed by atoms with E-state index in [9.17, 15) is 4.79 Å². The van der Waals surface area contributed by atoms with Gasteiger partial charge in [-0.05, 0) is 49.0 Å². The highest BCUT2D eigenvalue weighted by atomic mass is 16.4. The standard InChI is InChI=1S/C15H20O2/c1-4-5-6-13(10-15(16)17)14-8-7-11(2)12(3)9-14/h7-10H,4-6H2,1-3H3,(H,16,17)/b13-10+. The van der Waals surface area contributed by atoms with Crippen molar-refractivity contribution >= 4 is 11.5 Å². The molecule has 0 aliphatic carbocycles. The highest BCUT2D eigenvalue weighted by Gasteiger charge is 2.05. The molecule has 0 unspecified atom stereocenters. The molecular weight excluding hydrogens is 212 g/mol. The first-order valence-corrected chi connectivity index (χ1v) is 6.05. The molecule has 0 heterocycles. The molecule has 2 nitrogen and oxygen atoms in total. The van der Waals surface area contributed by atoms with E-state index in [2.05, 4.69) is 26.8 Å². The molecule has 0 aliphatic rings. The number of allylic oxidation sites excluding steroid dienone is 1. The number of benzene rings is 1. The number of rotatable bonds is 5. The van der Waals surface area contributed by atoms with Crippen molar-refractivity contribution in [1.29, 1.82) is 0 Å². The van der Waals surface area contributed by atoms with E-state index >= 15 is 0 Å². The van der Waals surface area contributed by atoms with Crippen LogP contribution in [0.5, 0.6) is 0 Å². The lowest BCUT2D eigenvalue weighted by Crippen LogP contribution is -1.94. The predicted molar refractivity (Wildman–Crippen MR) is 71.1 cm³/mol. The molecule has 2 heteroatoms. The molecule has 1 aromatic rings. The Balaban J connectivity index is 3.04. The Labute approximate surface area is 103 Å². The minimum Gasteiger partial charge on any atom is -0.478 e. The Morgan fingerprint density at radius 3 is 2.53 bits per heavy atom. The van der Waals surface area contributed by atoms with Crippen molar-refractivity contribution in [2.24, 2.45) is 0 Å². The smallest absolute Gasteiger partial charge is 0.328 e. The van der Waals surface area contributed by atoms with Gasteiger partial charge in [0.15, 0.2) is 0 Å². The van der Waals surface area contributed by atoms with E-state index in [1.54, 1.807) is 0 Å². The zero-order valence-electron chi connectivity index (χ0n) is 10.8. The van der Waals surface area contributed by atoms with Gasteiger partial charge >= 0.3 is 5.97 Å². The molecule has 0 amide bonds. The van der Waals surface area contributed by atoms with Gasteiger partial charge in [-0.25, -0.2) is 4.79 Å². The second kappa shape index (κ2) is 6.24. The Morgan fingerprint density at radius 2 is 2.00 bits per heavy atom. The number of carboxylic acid groups (broad SMARTS) is 1. The van der Waals surface area contributed by atoms with Gasteiger partial charge in [0.2, 0.25) is 0 Å². The molecule has 0 atom stereocenters. The fourth-order valence-electron chi connectivity index (χ4n) is 1.76. The SMILES string of the molecule is CCCC/C(=C\C(=O)O)c1ccc(C)c(C)c1. The molecule has 0 saturated heterocycles. The van der Waals surface area contributed by atoms with E-state index in [1.165, 1.54) is 17.2 Å². The van der Waals surface area contributed by atoms with Gasteiger partial charge in [-0.2, -0.15) is 0 Å². The van der Waals surface area contributed by atoms with Crippen LogP contribution < -0.4 is 0 Å². The highest BCUT2D eigenvalue weighted by molar-refractivity contribution is 5.90.